The van der Waals surface area contributed by atoms with E-state index in [0.717, 1.165) is 26.5 Å². The van der Waals surface area contributed by atoms with Gasteiger partial charge in [-0.25, -0.2) is 0 Å². The van der Waals surface area contributed by atoms with Crippen LogP contribution in [0.2, 0.25) is 0 Å². The molecule has 2 aromatic carbocycles. The van der Waals surface area contributed by atoms with Gasteiger partial charge >= 0.3 is 0 Å². The zero-order valence-corrected chi connectivity index (χ0v) is 14.7. The lowest BCUT2D eigenvalue weighted by molar-refractivity contribution is -0.671. The van der Waals surface area contributed by atoms with Crippen LogP contribution in [0.5, 0.6) is 5.75 Å². The molecular weight excluding hydrogens is 398 g/mol. The number of ether oxygens (including phenoxy) is 1. The topological polar surface area (TPSA) is 33.3 Å². The molecule has 0 saturated heterocycles. The predicted octanol–water partition coefficient (Wildman–Crippen LogP) is 0.0479. The Bertz CT molecular complexity index is 790. The van der Waals surface area contributed by atoms with Gasteiger partial charge in [0.1, 0.15) is 12.4 Å². The second kappa shape index (κ2) is 6.73. The van der Waals surface area contributed by atoms with Gasteiger partial charge in [0, 0.05) is 15.9 Å². The molecule has 0 spiro atoms. The van der Waals surface area contributed by atoms with Crippen molar-refractivity contribution in [3.63, 3.8) is 0 Å². The quantitative estimate of drug-likeness (QED) is 0.487. The Morgan fingerprint density at radius 3 is 2.67 bits per heavy atom. The molecular formula is C16H15Br2NO2. The molecule has 5 heteroatoms. The molecule has 3 rings (SSSR count). The van der Waals surface area contributed by atoms with Gasteiger partial charge in [0.25, 0.3) is 0 Å². The zero-order chi connectivity index (χ0) is 14.1. The Morgan fingerprint density at radius 1 is 1.14 bits per heavy atom. The third-order valence-electron chi connectivity index (χ3n) is 3.45. The van der Waals surface area contributed by atoms with Crippen LogP contribution in [0.4, 0.5) is 0 Å². The van der Waals surface area contributed by atoms with Crippen LogP contribution >= 0.6 is 15.9 Å². The van der Waals surface area contributed by atoms with Crippen LogP contribution in [0.25, 0.3) is 21.7 Å². The van der Waals surface area contributed by atoms with E-state index in [9.17, 15) is 5.11 Å². The van der Waals surface area contributed by atoms with Crippen molar-refractivity contribution in [2.24, 2.45) is 0 Å². The first kappa shape index (κ1) is 16.2. The van der Waals surface area contributed by atoms with E-state index < -0.39 is 0 Å². The van der Waals surface area contributed by atoms with E-state index >= 15 is 0 Å². The van der Waals surface area contributed by atoms with Crippen molar-refractivity contribution in [2.45, 2.75) is 6.54 Å². The maximum atomic E-state index is 9.25. The molecule has 0 saturated carbocycles. The highest BCUT2D eigenvalue weighted by Gasteiger charge is 2.13. The molecule has 0 unspecified atom stereocenters. The maximum absolute atomic E-state index is 9.25. The fourth-order valence-electron chi connectivity index (χ4n) is 2.52. The minimum atomic E-state index is 0. The van der Waals surface area contributed by atoms with Gasteiger partial charge in [0.2, 0.25) is 5.52 Å². The average molecular weight is 413 g/mol. The summed E-state index contributed by atoms with van der Waals surface area (Å²) in [5, 5.41) is 12.7. The van der Waals surface area contributed by atoms with Gasteiger partial charge in [-0.1, -0.05) is 15.9 Å². The second-order valence-electron chi connectivity index (χ2n) is 4.66. The first-order valence-electron chi connectivity index (χ1n) is 6.43. The van der Waals surface area contributed by atoms with Gasteiger partial charge < -0.3 is 26.8 Å². The minimum Gasteiger partial charge on any atom is -1.00 e. The summed E-state index contributed by atoms with van der Waals surface area (Å²) in [6.45, 7) is 0.691. The van der Waals surface area contributed by atoms with Crippen LogP contribution in [0.3, 0.4) is 0 Å². The van der Waals surface area contributed by atoms with E-state index in [-0.39, 0.29) is 23.6 Å². The third-order valence-corrected chi connectivity index (χ3v) is 3.95. The molecule has 110 valence electrons. The molecule has 0 aliphatic rings. The third kappa shape index (κ3) is 3.05. The summed E-state index contributed by atoms with van der Waals surface area (Å²) >= 11 is 3.53. The number of benzene rings is 2. The molecule has 0 radical (unpaired) electrons. The van der Waals surface area contributed by atoms with Crippen LogP contribution in [-0.4, -0.2) is 18.8 Å². The summed E-state index contributed by atoms with van der Waals surface area (Å²) < 4.78 is 8.41. The number of methoxy groups -OCH3 is 1. The van der Waals surface area contributed by atoms with E-state index in [0.29, 0.717) is 6.54 Å². The summed E-state index contributed by atoms with van der Waals surface area (Å²) in [5.74, 6) is 0.836. The Kier molecular flexibility index (Phi) is 5.19. The largest absolute Gasteiger partial charge is 1.00 e. The number of halogens is 2. The number of aliphatic hydroxyl groups is 1. The van der Waals surface area contributed by atoms with Crippen LogP contribution < -0.4 is 26.3 Å². The van der Waals surface area contributed by atoms with Crippen molar-refractivity contribution in [1.29, 1.82) is 0 Å². The van der Waals surface area contributed by atoms with Crippen molar-refractivity contribution in [3.8, 4) is 5.75 Å². The van der Waals surface area contributed by atoms with Gasteiger partial charge in [-0.2, -0.15) is 4.57 Å². The molecule has 0 atom stereocenters. The number of rotatable bonds is 3. The van der Waals surface area contributed by atoms with Gasteiger partial charge in [-0.15, -0.1) is 0 Å². The van der Waals surface area contributed by atoms with Crippen molar-refractivity contribution >= 4 is 37.6 Å². The number of nitrogens with zero attached hydrogens (tertiary/aromatic N) is 1. The van der Waals surface area contributed by atoms with E-state index in [1.807, 2.05) is 18.2 Å². The Balaban J connectivity index is 0.00000161. The number of pyridine rings is 1. The molecule has 3 aromatic rings. The lowest BCUT2D eigenvalue weighted by atomic mass is 10.1. The second-order valence-corrected chi connectivity index (χ2v) is 5.58. The number of aliphatic hydroxyl groups excluding tert-OH is 1. The van der Waals surface area contributed by atoms with Crippen LogP contribution in [0, 0.1) is 0 Å². The standard InChI is InChI=1S/C16H15BrNO2.BrH/c1-20-13-3-4-14-11(8-13)10-18(6-7-19)16-5-2-12(17)9-15(14)16;/h2-5,8-10,19H,6-7H2,1H3;1H/q+1;/p-1. The van der Waals surface area contributed by atoms with E-state index in [1.54, 1.807) is 7.11 Å². The average Bonchev–Trinajstić information content (AvgIpc) is 2.46. The fraction of sp³-hybridized carbons (Fsp3) is 0.188. The highest BCUT2D eigenvalue weighted by Crippen LogP contribution is 2.28. The first-order chi connectivity index (χ1) is 9.72. The smallest absolute Gasteiger partial charge is 0.213 e. The highest BCUT2D eigenvalue weighted by molar-refractivity contribution is 9.10. The van der Waals surface area contributed by atoms with Gasteiger partial charge in [0.15, 0.2) is 12.7 Å². The van der Waals surface area contributed by atoms with Gasteiger partial charge in [0.05, 0.1) is 17.9 Å². The highest BCUT2D eigenvalue weighted by atomic mass is 79.9. The Labute approximate surface area is 142 Å². The van der Waals surface area contributed by atoms with Crippen LogP contribution in [0.1, 0.15) is 0 Å². The summed E-state index contributed by atoms with van der Waals surface area (Å²) in [7, 11) is 1.67. The molecule has 0 amide bonds. The number of aromatic nitrogens is 1. The van der Waals surface area contributed by atoms with Gasteiger partial charge in [-0.3, -0.25) is 0 Å². The molecule has 0 bridgehead atoms. The summed E-state index contributed by atoms with van der Waals surface area (Å²) in [6, 6.07) is 12.3. The molecule has 21 heavy (non-hydrogen) atoms. The Hall–Kier alpha value is -1.17. The van der Waals surface area contributed by atoms with Crippen molar-refractivity contribution in [2.75, 3.05) is 13.7 Å². The molecule has 0 fully saturated rings. The number of hydrogen-bond acceptors (Lipinski definition) is 2. The van der Waals surface area contributed by atoms with Crippen LogP contribution in [0.15, 0.2) is 47.1 Å². The molecule has 3 nitrogen and oxygen atoms in total. The Morgan fingerprint density at radius 2 is 1.95 bits per heavy atom. The monoisotopic (exact) mass is 411 g/mol. The summed E-state index contributed by atoms with van der Waals surface area (Å²) in [6.07, 6.45) is 2.06. The summed E-state index contributed by atoms with van der Waals surface area (Å²) in [4.78, 5) is 0. The maximum Gasteiger partial charge on any atom is 0.213 e. The van der Waals surface area contributed by atoms with E-state index in [4.69, 9.17) is 4.74 Å². The van der Waals surface area contributed by atoms with E-state index in [2.05, 4.69) is 44.9 Å². The number of hydrogen-bond donors (Lipinski definition) is 1. The first-order valence-corrected chi connectivity index (χ1v) is 7.22. The SMILES string of the molecule is COc1ccc2c(c1)c[n+](CCO)c1ccc(Br)cc21.[Br-]. The normalized spacial score (nSPS) is 10.6. The van der Waals surface area contributed by atoms with Crippen LogP contribution in [-0.2, 0) is 6.54 Å². The van der Waals surface area contributed by atoms with Gasteiger partial charge in [-0.05, 0) is 30.3 Å². The molecule has 1 aromatic heterocycles. The fourth-order valence-corrected chi connectivity index (χ4v) is 2.89. The summed E-state index contributed by atoms with van der Waals surface area (Å²) in [5.41, 5.74) is 1.11. The number of fused-ring (bicyclic) bond motifs is 3. The minimum absolute atomic E-state index is 0. The van der Waals surface area contributed by atoms with Crippen molar-refractivity contribution in [1.82, 2.24) is 0 Å². The lowest BCUT2D eigenvalue weighted by Crippen LogP contribution is -3.00. The van der Waals surface area contributed by atoms with E-state index in [1.165, 1.54) is 5.39 Å². The van der Waals surface area contributed by atoms with Crippen molar-refractivity contribution < 1.29 is 31.4 Å². The molecule has 1 N–H and O–H groups in total. The molecule has 0 aliphatic heterocycles. The predicted molar refractivity (Wildman–Crippen MR) is 83.0 cm³/mol. The molecule has 1 heterocycles. The van der Waals surface area contributed by atoms with Crippen molar-refractivity contribution in [3.05, 3.63) is 47.1 Å². The lowest BCUT2D eigenvalue weighted by Gasteiger charge is -2.07. The molecule has 0 aliphatic carbocycles. The zero-order valence-electron chi connectivity index (χ0n) is 11.5.